The molecule has 8 rings (SSSR count). The summed E-state index contributed by atoms with van der Waals surface area (Å²) in [4.78, 5) is 71.2. The third-order valence-electron chi connectivity index (χ3n) is 11.2. The van der Waals surface area contributed by atoms with Gasteiger partial charge in [0, 0.05) is 81.6 Å². The summed E-state index contributed by atoms with van der Waals surface area (Å²) < 4.78 is 70.0. The lowest BCUT2D eigenvalue weighted by atomic mass is 9.97. The van der Waals surface area contributed by atoms with Crippen molar-refractivity contribution in [2.24, 2.45) is 0 Å². The highest BCUT2D eigenvalue weighted by atomic mass is 35.5. The summed E-state index contributed by atoms with van der Waals surface area (Å²) in [6.07, 6.45) is -4.50. The number of fused-ring (bicyclic) bond motifs is 1. The van der Waals surface area contributed by atoms with Gasteiger partial charge in [0.15, 0.2) is 0 Å². The molecule has 5 aliphatic heterocycles. The van der Waals surface area contributed by atoms with Crippen molar-refractivity contribution in [3.63, 3.8) is 0 Å². The highest BCUT2D eigenvalue weighted by Gasteiger charge is 2.46. The summed E-state index contributed by atoms with van der Waals surface area (Å²) in [6, 6.07) is 11.0. The van der Waals surface area contributed by atoms with Gasteiger partial charge in [0.1, 0.15) is 6.04 Å². The second-order valence-corrected chi connectivity index (χ2v) is 17.2. The lowest BCUT2D eigenvalue weighted by Crippen LogP contribution is -2.71. The molecule has 5 heterocycles. The van der Waals surface area contributed by atoms with E-state index in [0.717, 1.165) is 35.8 Å². The molecule has 1 unspecified atom stereocenters. The number of alkyl halides is 3. The SMILES string of the molecule is O=C1CCC(N2C(=O)c3ccc(N4CC(N5CC(N6CCN(S(=O)(=O)Nc7ccc(Cl)cc7C(=O)Nc7ccc(C(F)(F)F)cc7Cl)CC6)C5)C4)cc3C2=O)C(=O)N1. The molecule has 0 bridgehead atoms. The van der Waals surface area contributed by atoms with Crippen LogP contribution in [0.1, 0.15) is 49.5 Å². The molecule has 4 fully saturated rings. The second-order valence-electron chi connectivity index (χ2n) is 14.7. The normalized spacial score (nSPS) is 21.4. The first-order valence-corrected chi connectivity index (χ1v) is 20.5. The van der Waals surface area contributed by atoms with Gasteiger partial charge in [-0.25, -0.2) is 0 Å². The van der Waals surface area contributed by atoms with Crippen molar-refractivity contribution in [3.05, 3.63) is 86.9 Å². The van der Waals surface area contributed by atoms with Crippen LogP contribution in [0.15, 0.2) is 54.6 Å². The maximum absolute atomic E-state index is 13.5. The van der Waals surface area contributed by atoms with Gasteiger partial charge in [-0.2, -0.15) is 25.9 Å². The standard InChI is InChI=1S/C37H35Cl2F3N8O7S/c38-21-2-6-29(27(14-21)33(52)43-30-5-1-20(13-28(30)39)37(40,41)42)45-58(56,57)49-11-9-46(10-12-49)23-16-48(17-23)24-18-47(19-24)22-3-4-25-26(15-22)36(55)50(35(25)54)31-7-8-32(51)44-34(31)53/h1-6,13-15,23-24,31,45H,7-12,16-19H2,(H,43,52)(H,44,51,53). The van der Waals surface area contributed by atoms with Crippen molar-refractivity contribution in [2.75, 3.05) is 67.3 Å². The van der Waals surface area contributed by atoms with E-state index in [0.29, 0.717) is 32.2 Å². The summed E-state index contributed by atoms with van der Waals surface area (Å²) in [7, 11) is -4.13. The Kier molecular flexibility index (Phi) is 10.4. The van der Waals surface area contributed by atoms with Crippen molar-refractivity contribution in [3.8, 4) is 0 Å². The molecule has 5 aliphatic rings. The Labute approximate surface area is 340 Å². The number of benzene rings is 3. The second kappa shape index (κ2) is 15.1. The van der Waals surface area contributed by atoms with E-state index >= 15 is 0 Å². The van der Waals surface area contributed by atoms with Crippen molar-refractivity contribution in [1.82, 2.24) is 24.3 Å². The average molecular weight is 864 g/mol. The van der Waals surface area contributed by atoms with Crippen LogP contribution in [0.5, 0.6) is 0 Å². The van der Waals surface area contributed by atoms with Gasteiger partial charge >= 0.3 is 16.4 Å². The number of carbonyl (C=O) groups excluding carboxylic acids is 5. The van der Waals surface area contributed by atoms with Crippen LogP contribution in [-0.2, 0) is 26.0 Å². The monoisotopic (exact) mass is 862 g/mol. The Bertz CT molecular complexity index is 2350. The Hall–Kier alpha value is -4.79. The third kappa shape index (κ3) is 7.61. The lowest BCUT2D eigenvalue weighted by Gasteiger charge is -2.55. The van der Waals surface area contributed by atoms with E-state index in [9.17, 15) is 45.6 Å². The van der Waals surface area contributed by atoms with Gasteiger partial charge < -0.3 is 10.2 Å². The number of amides is 5. The summed E-state index contributed by atoms with van der Waals surface area (Å²) in [5.41, 5.74) is -0.0875. The maximum atomic E-state index is 13.5. The predicted octanol–water partition coefficient (Wildman–Crippen LogP) is 3.51. The molecule has 0 radical (unpaired) electrons. The Morgan fingerprint density at radius 1 is 0.793 bits per heavy atom. The van der Waals surface area contributed by atoms with Gasteiger partial charge in [0.25, 0.3) is 17.7 Å². The van der Waals surface area contributed by atoms with E-state index in [1.54, 1.807) is 18.2 Å². The van der Waals surface area contributed by atoms with Crippen molar-refractivity contribution >= 4 is 80.0 Å². The van der Waals surface area contributed by atoms with Crippen LogP contribution in [0.25, 0.3) is 0 Å². The molecular weight excluding hydrogens is 828 g/mol. The molecule has 3 aromatic rings. The maximum Gasteiger partial charge on any atom is 0.416 e. The largest absolute Gasteiger partial charge is 0.416 e. The first kappa shape index (κ1) is 40.0. The molecular formula is C37H35Cl2F3N8O7S. The Morgan fingerprint density at radius 3 is 2.14 bits per heavy atom. The minimum absolute atomic E-state index is 0.0469. The molecule has 0 spiro atoms. The molecule has 15 nitrogen and oxygen atoms in total. The highest BCUT2D eigenvalue weighted by molar-refractivity contribution is 7.90. The predicted molar refractivity (Wildman–Crippen MR) is 206 cm³/mol. The fraction of sp³-hybridized carbons (Fsp3) is 0.378. The quantitative estimate of drug-likeness (QED) is 0.271. The Balaban J connectivity index is 0.814. The van der Waals surface area contributed by atoms with E-state index in [1.807, 2.05) is 0 Å². The zero-order valence-corrected chi connectivity index (χ0v) is 32.7. The molecule has 0 saturated carbocycles. The number of rotatable bonds is 9. The van der Waals surface area contributed by atoms with Crippen molar-refractivity contribution < 1.29 is 45.6 Å². The fourth-order valence-corrected chi connectivity index (χ4v) is 9.49. The van der Waals surface area contributed by atoms with Crippen LogP contribution in [0.4, 0.5) is 30.2 Å². The number of carbonyl (C=O) groups is 5. The van der Waals surface area contributed by atoms with Crippen LogP contribution in [0, 0.1) is 0 Å². The number of likely N-dealkylation sites (tertiary alicyclic amines) is 1. The molecule has 3 N–H and O–H groups in total. The topological polar surface area (TPSA) is 172 Å². The number of anilines is 3. The van der Waals surface area contributed by atoms with Crippen molar-refractivity contribution in [2.45, 2.75) is 37.1 Å². The number of nitrogens with zero attached hydrogens (tertiary/aromatic N) is 5. The summed E-state index contributed by atoms with van der Waals surface area (Å²) in [6.45, 7) is 4.37. The van der Waals surface area contributed by atoms with Crippen LogP contribution in [-0.4, -0.2) is 127 Å². The number of hydrogen-bond donors (Lipinski definition) is 3. The van der Waals surface area contributed by atoms with Gasteiger partial charge in [0.2, 0.25) is 11.8 Å². The lowest BCUT2D eigenvalue weighted by molar-refractivity contribution is -0.138. The van der Waals surface area contributed by atoms with Gasteiger partial charge in [0.05, 0.1) is 38.7 Å². The summed E-state index contributed by atoms with van der Waals surface area (Å²) in [5, 5.41) is 4.39. The van der Waals surface area contributed by atoms with E-state index in [2.05, 4.69) is 30.1 Å². The van der Waals surface area contributed by atoms with Crippen molar-refractivity contribution in [1.29, 1.82) is 0 Å². The average Bonchev–Trinajstić information content (AvgIpc) is 3.37. The number of hydrogen-bond acceptors (Lipinski definition) is 10. The zero-order chi connectivity index (χ0) is 41.3. The minimum Gasteiger partial charge on any atom is -0.368 e. The van der Waals surface area contributed by atoms with Gasteiger partial charge in [-0.15, -0.1) is 0 Å². The smallest absolute Gasteiger partial charge is 0.368 e. The first-order valence-electron chi connectivity index (χ1n) is 18.3. The van der Waals surface area contributed by atoms with Crippen LogP contribution in [0.3, 0.4) is 0 Å². The molecule has 21 heteroatoms. The third-order valence-corrected chi connectivity index (χ3v) is 13.3. The molecule has 0 aliphatic carbocycles. The number of imide groups is 2. The van der Waals surface area contributed by atoms with Gasteiger partial charge in [-0.3, -0.25) is 48.7 Å². The van der Waals surface area contributed by atoms with E-state index < -0.39 is 57.5 Å². The molecule has 306 valence electrons. The van der Waals surface area contributed by atoms with Gasteiger partial charge in [-0.1, -0.05) is 23.2 Å². The summed E-state index contributed by atoms with van der Waals surface area (Å²) in [5.74, 6) is -3.03. The first-order chi connectivity index (χ1) is 27.5. The molecule has 0 aromatic heterocycles. The fourth-order valence-electron chi connectivity index (χ4n) is 7.86. The molecule has 4 saturated heterocycles. The number of piperazine rings is 1. The molecule has 58 heavy (non-hydrogen) atoms. The zero-order valence-electron chi connectivity index (χ0n) is 30.4. The van der Waals surface area contributed by atoms with E-state index in [4.69, 9.17) is 23.2 Å². The van der Waals surface area contributed by atoms with Crippen LogP contribution < -0.4 is 20.3 Å². The van der Waals surface area contributed by atoms with E-state index in [-0.39, 0.29) is 76.1 Å². The number of halogens is 5. The molecule has 3 aromatic carbocycles. The van der Waals surface area contributed by atoms with Gasteiger partial charge in [-0.05, 0) is 61.0 Å². The minimum atomic E-state index is -4.64. The van der Waals surface area contributed by atoms with Crippen LogP contribution in [0.2, 0.25) is 10.0 Å². The number of piperidine rings is 1. The molecule has 5 amide bonds. The van der Waals surface area contributed by atoms with E-state index in [1.165, 1.54) is 22.5 Å². The van der Waals surface area contributed by atoms with Crippen LogP contribution >= 0.6 is 23.2 Å². The Morgan fingerprint density at radius 2 is 1.47 bits per heavy atom. The number of nitrogens with one attached hydrogen (secondary N) is 3. The highest BCUT2D eigenvalue weighted by Crippen LogP contribution is 2.36. The summed E-state index contributed by atoms with van der Waals surface area (Å²) >= 11 is 12.1. The molecule has 1 atom stereocenters.